The minimum Gasteiger partial charge on any atom is -0.467 e. The molecule has 84 valence electrons. The van der Waals surface area contributed by atoms with Gasteiger partial charge in [0.2, 0.25) is 0 Å². The molecule has 2 aromatic rings. The number of hydrogen-bond donors (Lipinski definition) is 1. The molecule has 0 aliphatic heterocycles. The Morgan fingerprint density at radius 3 is 2.38 bits per heavy atom. The Balaban J connectivity index is 1.81. The molecule has 1 heterocycles. The summed E-state index contributed by atoms with van der Waals surface area (Å²) in [6, 6.07) is 11.9. The smallest absolute Gasteiger partial charge is 0.129 e. The van der Waals surface area contributed by atoms with Gasteiger partial charge in [0.1, 0.15) is 12.4 Å². The summed E-state index contributed by atoms with van der Waals surface area (Å²) < 4.78 is 10.7. The van der Waals surface area contributed by atoms with E-state index in [0.717, 1.165) is 16.9 Å². The molecule has 0 unspecified atom stereocenters. The van der Waals surface area contributed by atoms with Crippen LogP contribution in [0.25, 0.3) is 0 Å². The molecule has 0 saturated carbocycles. The van der Waals surface area contributed by atoms with Crippen LogP contribution < -0.4 is 5.73 Å². The molecule has 0 aliphatic carbocycles. The largest absolute Gasteiger partial charge is 0.467 e. The number of furan rings is 1. The van der Waals surface area contributed by atoms with Gasteiger partial charge in [-0.3, -0.25) is 0 Å². The molecule has 0 saturated heterocycles. The molecule has 1 aromatic carbocycles. The number of hydrogen-bond acceptors (Lipinski definition) is 3. The predicted molar refractivity (Wildman–Crippen MR) is 61.5 cm³/mol. The minimum atomic E-state index is 0.506. The van der Waals surface area contributed by atoms with Gasteiger partial charge in [-0.2, -0.15) is 0 Å². The Bertz CT molecular complexity index is 406. The minimum absolute atomic E-state index is 0.506. The van der Waals surface area contributed by atoms with Crippen molar-refractivity contribution in [3.63, 3.8) is 0 Å². The van der Waals surface area contributed by atoms with Crippen LogP contribution in [0.4, 0.5) is 0 Å². The number of ether oxygens (including phenoxy) is 1. The van der Waals surface area contributed by atoms with E-state index >= 15 is 0 Å². The molecule has 1 aromatic heterocycles. The highest BCUT2D eigenvalue weighted by Gasteiger charge is 1.97. The zero-order valence-electron chi connectivity index (χ0n) is 9.06. The molecule has 0 amide bonds. The topological polar surface area (TPSA) is 48.4 Å². The van der Waals surface area contributed by atoms with Crippen LogP contribution in [0.5, 0.6) is 0 Å². The molecule has 0 radical (unpaired) electrons. The first-order valence-electron chi connectivity index (χ1n) is 5.26. The average molecular weight is 217 g/mol. The van der Waals surface area contributed by atoms with Crippen LogP contribution in [0.1, 0.15) is 16.9 Å². The fourth-order valence-corrected chi connectivity index (χ4v) is 1.44. The maximum atomic E-state index is 5.52. The monoisotopic (exact) mass is 217 g/mol. The summed E-state index contributed by atoms with van der Waals surface area (Å²) in [6.45, 7) is 1.67. The average Bonchev–Trinajstić information content (AvgIpc) is 2.83. The molecule has 16 heavy (non-hydrogen) atoms. The van der Waals surface area contributed by atoms with Crippen LogP contribution in [0.3, 0.4) is 0 Å². The summed E-state index contributed by atoms with van der Waals surface area (Å²) in [6.07, 6.45) is 1.65. The van der Waals surface area contributed by atoms with Crippen molar-refractivity contribution in [1.82, 2.24) is 0 Å². The van der Waals surface area contributed by atoms with Gasteiger partial charge in [0.25, 0.3) is 0 Å². The van der Waals surface area contributed by atoms with Crippen LogP contribution in [-0.4, -0.2) is 0 Å². The highest BCUT2D eigenvalue weighted by Crippen LogP contribution is 2.08. The zero-order valence-corrected chi connectivity index (χ0v) is 9.06. The molecule has 0 bridgehead atoms. The lowest BCUT2D eigenvalue weighted by atomic mass is 10.1. The summed E-state index contributed by atoms with van der Waals surface area (Å²) >= 11 is 0. The van der Waals surface area contributed by atoms with Crippen molar-refractivity contribution in [3.8, 4) is 0 Å². The number of nitrogens with two attached hydrogens (primary N) is 1. The molecule has 0 aliphatic rings. The van der Waals surface area contributed by atoms with Crippen molar-refractivity contribution in [1.29, 1.82) is 0 Å². The number of benzene rings is 1. The molecule has 2 rings (SSSR count). The third-order valence-corrected chi connectivity index (χ3v) is 2.35. The van der Waals surface area contributed by atoms with E-state index in [2.05, 4.69) is 0 Å². The molecular formula is C13H15NO2. The Labute approximate surface area is 94.8 Å². The van der Waals surface area contributed by atoms with E-state index < -0.39 is 0 Å². The van der Waals surface area contributed by atoms with Gasteiger partial charge in [0, 0.05) is 6.54 Å². The van der Waals surface area contributed by atoms with E-state index in [-0.39, 0.29) is 0 Å². The molecular weight excluding hydrogens is 202 g/mol. The van der Waals surface area contributed by atoms with Crippen molar-refractivity contribution < 1.29 is 9.15 Å². The molecule has 0 fully saturated rings. The fourth-order valence-electron chi connectivity index (χ4n) is 1.44. The van der Waals surface area contributed by atoms with E-state index in [1.165, 1.54) is 0 Å². The molecule has 3 nitrogen and oxygen atoms in total. The highest BCUT2D eigenvalue weighted by molar-refractivity contribution is 5.21. The summed E-state index contributed by atoms with van der Waals surface area (Å²) in [4.78, 5) is 0. The first kappa shape index (κ1) is 10.9. The maximum absolute atomic E-state index is 5.52. The SMILES string of the molecule is NCc1ccc(COCc2ccco2)cc1. The second-order valence-corrected chi connectivity index (χ2v) is 3.59. The van der Waals surface area contributed by atoms with Gasteiger partial charge >= 0.3 is 0 Å². The third kappa shape index (κ3) is 2.95. The lowest BCUT2D eigenvalue weighted by Gasteiger charge is -2.03. The standard InChI is InChI=1S/C13H15NO2/c14-8-11-3-5-12(6-4-11)9-15-10-13-2-1-7-16-13/h1-7H,8-10,14H2. The van der Waals surface area contributed by atoms with Gasteiger partial charge < -0.3 is 14.9 Å². The Morgan fingerprint density at radius 2 is 1.75 bits per heavy atom. The summed E-state index contributed by atoms with van der Waals surface area (Å²) in [7, 11) is 0. The molecule has 2 N–H and O–H groups in total. The van der Waals surface area contributed by atoms with Gasteiger partial charge in [0.05, 0.1) is 12.9 Å². The van der Waals surface area contributed by atoms with E-state index in [9.17, 15) is 0 Å². The summed E-state index contributed by atoms with van der Waals surface area (Å²) in [5.41, 5.74) is 7.80. The summed E-state index contributed by atoms with van der Waals surface area (Å²) in [5, 5.41) is 0. The maximum Gasteiger partial charge on any atom is 0.129 e. The van der Waals surface area contributed by atoms with Gasteiger partial charge in [0.15, 0.2) is 0 Å². The van der Waals surface area contributed by atoms with Crippen LogP contribution in [0.2, 0.25) is 0 Å². The van der Waals surface area contributed by atoms with Crippen molar-refractivity contribution in [2.45, 2.75) is 19.8 Å². The third-order valence-electron chi connectivity index (χ3n) is 2.35. The molecule has 3 heteroatoms. The van der Waals surface area contributed by atoms with Crippen molar-refractivity contribution >= 4 is 0 Å². The van der Waals surface area contributed by atoms with E-state index in [0.29, 0.717) is 19.8 Å². The van der Waals surface area contributed by atoms with Gasteiger partial charge in [-0.15, -0.1) is 0 Å². The first-order chi connectivity index (χ1) is 7.88. The van der Waals surface area contributed by atoms with Gasteiger partial charge in [-0.05, 0) is 23.3 Å². The van der Waals surface area contributed by atoms with Crippen molar-refractivity contribution in [2.24, 2.45) is 5.73 Å². The summed E-state index contributed by atoms with van der Waals surface area (Å²) in [5.74, 6) is 0.846. The van der Waals surface area contributed by atoms with Crippen LogP contribution in [-0.2, 0) is 24.5 Å². The Kier molecular flexibility index (Phi) is 3.75. The predicted octanol–water partition coefficient (Wildman–Crippen LogP) is 2.46. The van der Waals surface area contributed by atoms with Crippen LogP contribution >= 0.6 is 0 Å². The van der Waals surface area contributed by atoms with E-state index in [4.69, 9.17) is 14.9 Å². The first-order valence-corrected chi connectivity index (χ1v) is 5.26. The number of rotatable bonds is 5. The van der Waals surface area contributed by atoms with Crippen molar-refractivity contribution in [2.75, 3.05) is 0 Å². The van der Waals surface area contributed by atoms with Crippen molar-refractivity contribution in [3.05, 3.63) is 59.5 Å². The van der Waals surface area contributed by atoms with E-state index in [1.54, 1.807) is 6.26 Å². The lowest BCUT2D eigenvalue weighted by molar-refractivity contribution is 0.0929. The molecule has 0 atom stereocenters. The Hall–Kier alpha value is -1.58. The highest BCUT2D eigenvalue weighted by atomic mass is 16.5. The van der Waals surface area contributed by atoms with Crippen LogP contribution in [0.15, 0.2) is 47.1 Å². The molecule has 0 spiro atoms. The fraction of sp³-hybridized carbons (Fsp3) is 0.231. The lowest BCUT2D eigenvalue weighted by Crippen LogP contribution is -1.97. The van der Waals surface area contributed by atoms with Crippen LogP contribution in [0, 0.1) is 0 Å². The van der Waals surface area contributed by atoms with Gasteiger partial charge in [-0.1, -0.05) is 24.3 Å². The quantitative estimate of drug-likeness (QED) is 0.836. The Morgan fingerprint density at radius 1 is 1.00 bits per heavy atom. The zero-order chi connectivity index (χ0) is 11.2. The van der Waals surface area contributed by atoms with Gasteiger partial charge in [-0.25, -0.2) is 0 Å². The second kappa shape index (κ2) is 5.49. The normalized spacial score (nSPS) is 10.6. The van der Waals surface area contributed by atoms with E-state index in [1.807, 2.05) is 36.4 Å². The second-order valence-electron chi connectivity index (χ2n) is 3.59.